The van der Waals surface area contributed by atoms with Gasteiger partial charge in [-0.1, -0.05) is 290 Å². The standard InChI is InChI=1S/C35H40Cl2O5.C29H27Cl2NO5.C13H16NOS.C11H22O.ClH/c1-3-5-10-24(11-6-4-2)20-30(38)33(34(35(40)41)31(39)21-25-14-17-28(36)18-15-25)27-16-19-32(29(37)22-27)42-23-26-12-8-7-9-13-26;1-29(2,3)37-28(35)32-27(34)23(25(33)17-19-9-12-22(30)13-10-19)15-21-11-14-26(24(31)16-21)36-18-20-7-5-4-6-8-20;1-11-13(7-8-15)16-10-14(11)9-12-5-3-2-4-6-12;1-3-5-7-11(9-10-12)8-6-4-2;/h7-9,12-19,22,24,33-34H,3-6,10-11,20-21,23H2,1-2H3,(H,40,41);4-16H,17-18H2,1-3H3,(H,32,34,35);2-6,10,15H,7-9H2,1H3;10-11H,3-9H2,1-2H3;1H/q;;+1;;/p-1. The van der Waals surface area contributed by atoms with Crippen molar-refractivity contribution < 1.29 is 75.0 Å². The Morgan fingerprint density at radius 2 is 1.06 bits per heavy atom. The summed E-state index contributed by atoms with van der Waals surface area (Å²) < 4.78 is 19.1. The van der Waals surface area contributed by atoms with Gasteiger partial charge in [0.05, 0.1) is 26.4 Å². The van der Waals surface area contributed by atoms with Gasteiger partial charge in [-0.3, -0.25) is 29.3 Å². The van der Waals surface area contributed by atoms with Gasteiger partial charge < -0.3 is 41.6 Å². The Kier molecular flexibility index (Phi) is 43.3. The fourth-order valence-corrected chi connectivity index (χ4v) is 13.5. The van der Waals surface area contributed by atoms with Crippen LogP contribution in [-0.4, -0.2) is 64.0 Å². The summed E-state index contributed by atoms with van der Waals surface area (Å²) >= 11 is 26.7. The molecule has 2 unspecified atom stereocenters. The molecule has 2 amide bonds. The highest BCUT2D eigenvalue weighted by Gasteiger charge is 2.41. The van der Waals surface area contributed by atoms with Crippen LogP contribution >= 0.6 is 57.7 Å². The number of Topliss-reactive ketones (excluding diaryl/α,β-unsaturated/α-hetero) is 3. The average molecular weight is 1590 g/mol. The summed E-state index contributed by atoms with van der Waals surface area (Å²) in [6.07, 6.45) is 16.4. The number of unbranched alkanes of at least 4 members (excludes halogenated alkanes) is 4. The number of hydrogen-bond donors (Lipinski definition) is 3. The molecule has 0 radical (unpaired) electrons. The van der Waals surface area contributed by atoms with E-state index in [1.807, 2.05) is 66.7 Å². The maximum Gasteiger partial charge on any atom is 0.414 e. The molecule has 0 bridgehead atoms. The largest absolute Gasteiger partial charge is 1.00 e. The Labute approximate surface area is 669 Å². The molecule has 580 valence electrons. The van der Waals surface area contributed by atoms with Gasteiger partial charge in [-0.25, -0.2) is 4.79 Å². The van der Waals surface area contributed by atoms with Gasteiger partial charge in [0.15, 0.2) is 23.8 Å². The summed E-state index contributed by atoms with van der Waals surface area (Å²) in [6, 6.07) is 52.9. The van der Waals surface area contributed by atoms with Crippen LogP contribution in [0.15, 0.2) is 187 Å². The van der Waals surface area contributed by atoms with Crippen LogP contribution in [0.5, 0.6) is 11.5 Å². The summed E-state index contributed by atoms with van der Waals surface area (Å²) in [4.78, 5) is 90.2. The SMILES string of the molecule is CC(C)(C)OC(=O)NC(=O)C(=Cc1ccc(OCc2ccccc2)c(Cl)c1)C(=O)Cc1ccc(Cl)cc1.CCCCC(CC=O)CCCC.CCCCC(CCCC)CC(=O)C(c1ccc(OCc2ccccc2)c(Cl)c1)C(C(=O)O)C(=O)Cc1ccc(Cl)cc1.Cc1c(CCO)sc[n+]1Cc1ccccc1.[Cl-]. The highest BCUT2D eigenvalue weighted by Crippen LogP contribution is 2.37. The van der Waals surface area contributed by atoms with E-state index in [1.165, 1.54) is 60.7 Å². The van der Waals surface area contributed by atoms with Gasteiger partial charge in [0, 0.05) is 61.2 Å². The van der Waals surface area contributed by atoms with Gasteiger partial charge >= 0.3 is 12.1 Å². The number of thiazole rings is 1. The number of carbonyl (C=O) groups is 7. The smallest absolute Gasteiger partial charge is 0.414 e. The second-order valence-electron chi connectivity index (χ2n) is 27.4. The van der Waals surface area contributed by atoms with Crippen LogP contribution in [0.4, 0.5) is 4.79 Å². The maximum atomic E-state index is 14.0. The van der Waals surface area contributed by atoms with Crippen LogP contribution in [-0.2, 0) is 72.5 Å². The topological polar surface area (TPSA) is 204 Å². The quantitative estimate of drug-likeness (QED) is 0.0109. The van der Waals surface area contributed by atoms with Gasteiger partial charge in [-0.05, 0) is 121 Å². The molecule has 8 aromatic rings. The van der Waals surface area contributed by atoms with Crippen molar-refractivity contribution in [2.45, 2.75) is 196 Å². The van der Waals surface area contributed by atoms with Crippen LogP contribution < -0.4 is 31.8 Å². The number of aliphatic hydroxyl groups is 1. The minimum Gasteiger partial charge on any atom is -1.00 e. The number of carbonyl (C=O) groups excluding carboxylic acids is 6. The van der Waals surface area contributed by atoms with Crippen LogP contribution in [0.3, 0.4) is 0 Å². The van der Waals surface area contributed by atoms with E-state index in [2.05, 4.69) is 74.3 Å². The molecule has 0 aliphatic carbocycles. The number of halogens is 5. The summed E-state index contributed by atoms with van der Waals surface area (Å²) in [6.45, 7) is 17.5. The highest BCUT2D eigenvalue weighted by atomic mass is 35.5. The monoisotopic (exact) mass is 1590 g/mol. The van der Waals surface area contributed by atoms with Crippen molar-refractivity contribution in [1.82, 2.24) is 5.32 Å². The van der Waals surface area contributed by atoms with Gasteiger partial charge in [-0.2, -0.15) is 4.57 Å². The van der Waals surface area contributed by atoms with E-state index in [0.29, 0.717) is 68.0 Å². The Morgan fingerprint density at radius 3 is 1.51 bits per heavy atom. The molecule has 1 aromatic heterocycles. The second kappa shape index (κ2) is 50.7. The number of amides is 2. The number of imide groups is 1. The Balaban J connectivity index is 0.000000336. The summed E-state index contributed by atoms with van der Waals surface area (Å²) in [5, 5.41) is 23.0. The molecule has 20 heteroatoms. The van der Waals surface area contributed by atoms with E-state index < -0.39 is 47.0 Å². The number of carboxylic acids is 1. The number of nitrogens with zero attached hydrogens (tertiary/aromatic N) is 1. The van der Waals surface area contributed by atoms with E-state index >= 15 is 0 Å². The fraction of sp³-hybridized carbons (Fsp3) is 0.386. The molecule has 0 fully saturated rings. The van der Waals surface area contributed by atoms with Crippen molar-refractivity contribution in [1.29, 1.82) is 0 Å². The molecule has 0 aliphatic rings. The van der Waals surface area contributed by atoms with Crippen LogP contribution in [0.2, 0.25) is 20.1 Å². The van der Waals surface area contributed by atoms with Crippen LogP contribution in [0.25, 0.3) is 6.08 Å². The van der Waals surface area contributed by atoms with Crippen molar-refractivity contribution >= 4 is 105 Å². The maximum absolute atomic E-state index is 14.0. The molecule has 2 atom stereocenters. The van der Waals surface area contributed by atoms with E-state index in [0.717, 1.165) is 75.3 Å². The number of aliphatic hydroxyl groups excluding tert-OH is 1. The lowest BCUT2D eigenvalue weighted by Crippen LogP contribution is -3.00. The molecular weight excluding hydrogens is 1490 g/mol. The lowest BCUT2D eigenvalue weighted by molar-refractivity contribution is -0.689. The third-order valence-electron chi connectivity index (χ3n) is 17.6. The Hall–Kier alpha value is -7.99. The van der Waals surface area contributed by atoms with Crippen molar-refractivity contribution in [3.05, 3.63) is 257 Å². The number of ketones is 3. The molecule has 0 saturated carbocycles. The number of ether oxygens (including phenoxy) is 3. The normalized spacial score (nSPS) is 11.6. The minimum atomic E-state index is -1.56. The number of carboxylic acid groups (broad SMARTS) is 1. The number of hydrogen-bond acceptors (Lipinski definition) is 12. The molecule has 0 spiro atoms. The predicted octanol–water partition coefficient (Wildman–Crippen LogP) is 18.4. The molecule has 3 N–H and O–H groups in total. The summed E-state index contributed by atoms with van der Waals surface area (Å²) in [7, 11) is 0. The number of benzene rings is 7. The van der Waals surface area contributed by atoms with Crippen molar-refractivity contribution in [2.75, 3.05) is 6.61 Å². The molecule has 1 heterocycles. The first-order chi connectivity index (χ1) is 51.4. The van der Waals surface area contributed by atoms with Gasteiger partial charge in [0.1, 0.15) is 48.3 Å². The molecule has 0 aliphatic heterocycles. The highest BCUT2D eigenvalue weighted by molar-refractivity contribution is 7.09. The lowest BCUT2D eigenvalue weighted by Gasteiger charge is -2.26. The average Bonchev–Trinajstić information content (AvgIpc) is 1.24. The zero-order valence-corrected chi connectivity index (χ0v) is 68.0. The third kappa shape index (κ3) is 34.3. The molecule has 0 saturated heterocycles. The van der Waals surface area contributed by atoms with Crippen molar-refractivity contribution in [3.63, 3.8) is 0 Å². The Bertz CT molecular complexity index is 4040. The van der Waals surface area contributed by atoms with E-state index in [9.17, 15) is 38.7 Å². The number of rotatable bonds is 38. The van der Waals surface area contributed by atoms with Crippen molar-refractivity contribution in [3.8, 4) is 11.5 Å². The predicted molar refractivity (Wildman–Crippen MR) is 432 cm³/mol. The van der Waals surface area contributed by atoms with Crippen molar-refractivity contribution in [2.24, 2.45) is 17.8 Å². The first-order valence-electron chi connectivity index (χ1n) is 36.9. The van der Waals surface area contributed by atoms with Gasteiger partial charge in [-0.15, -0.1) is 0 Å². The minimum absolute atomic E-state index is 0. The zero-order chi connectivity index (χ0) is 78.1. The van der Waals surface area contributed by atoms with Gasteiger partial charge in [0.2, 0.25) is 5.51 Å². The van der Waals surface area contributed by atoms with Crippen LogP contribution in [0.1, 0.15) is 194 Å². The molecular formula is C88H105Cl5N2O12S. The number of alkyl carbamates (subject to hydrolysis) is 1. The Morgan fingerprint density at radius 1 is 0.583 bits per heavy atom. The summed E-state index contributed by atoms with van der Waals surface area (Å²) in [5.74, 6) is -4.56. The zero-order valence-electron chi connectivity index (χ0n) is 63.4. The second-order valence-corrected chi connectivity index (χ2v) is 30.1. The number of aromatic nitrogens is 1. The van der Waals surface area contributed by atoms with E-state index in [4.69, 9.17) is 65.7 Å². The summed E-state index contributed by atoms with van der Waals surface area (Å²) in [5.41, 5.74) is 7.79. The third-order valence-corrected chi connectivity index (χ3v) is 19.8. The molecule has 7 aromatic carbocycles. The molecule has 14 nitrogen and oxygen atoms in total. The lowest BCUT2D eigenvalue weighted by atomic mass is 9.76. The van der Waals surface area contributed by atoms with Crippen LogP contribution in [0, 0.1) is 24.7 Å². The first-order valence-corrected chi connectivity index (χ1v) is 39.3. The number of aldehydes is 1. The molecule has 108 heavy (non-hydrogen) atoms. The molecule has 8 rings (SSSR count). The van der Waals surface area contributed by atoms with E-state index in [1.54, 1.807) is 117 Å². The fourth-order valence-electron chi connectivity index (χ4n) is 11.7. The number of aliphatic carboxylic acids is 1. The van der Waals surface area contributed by atoms with Gasteiger partial charge in [0.25, 0.3) is 5.91 Å². The first kappa shape index (κ1) is 92.4. The van der Waals surface area contributed by atoms with E-state index in [-0.39, 0.29) is 60.6 Å². The number of nitrogens with one attached hydrogen (secondary N) is 1.